The van der Waals surface area contributed by atoms with E-state index in [2.05, 4.69) is 10.1 Å². The third-order valence-electron chi connectivity index (χ3n) is 4.49. The molecule has 1 aliphatic heterocycles. The van der Waals surface area contributed by atoms with Crippen molar-refractivity contribution in [2.45, 2.75) is 32.2 Å². The molecule has 0 radical (unpaired) electrons. The molecule has 1 saturated heterocycles. The Kier molecular flexibility index (Phi) is 4.40. The number of rotatable bonds is 6. The van der Waals surface area contributed by atoms with E-state index in [4.69, 9.17) is 4.74 Å². The smallest absolute Gasteiger partial charge is 0.377 e. The number of halogens is 3. The third kappa shape index (κ3) is 3.42. The molecule has 2 aliphatic rings. The largest absolute Gasteiger partial charge is 0.435 e. The lowest BCUT2D eigenvalue weighted by atomic mass is 10.3. The molecule has 3 heterocycles. The van der Waals surface area contributed by atoms with Crippen LogP contribution in [0.5, 0.6) is 0 Å². The fourth-order valence-electron chi connectivity index (χ4n) is 3.17. The highest BCUT2D eigenvalue weighted by Crippen LogP contribution is 2.35. The number of hydrogen-bond donors (Lipinski definition) is 0. The van der Waals surface area contributed by atoms with Crippen LogP contribution >= 0.6 is 11.3 Å². The molecule has 1 saturated carbocycles. The maximum Gasteiger partial charge on any atom is 0.435 e. The monoisotopic (exact) mass is 389 g/mol. The molecule has 0 spiro atoms. The second kappa shape index (κ2) is 6.46. The lowest BCUT2D eigenvalue weighted by Gasteiger charge is -2.18. The van der Waals surface area contributed by atoms with Crippen LogP contribution in [-0.2, 0) is 28.9 Å². The second-order valence-corrected chi connectivity index (χ2v) is 7.76. The van der Waals surface area contributed by atoms with Crippen molar-refractivity contribution >= 4 is 22.2 Å². The predicted molar refractivity (Wildman–Crippen MR) is 86.3 cm³/mol. The Bertz CT molecular complexity index is 829. The second-order valence-electron chi connectivity index (χ2n) is 6.72. The van der Waals surface area contributed by atoms with E-state index >= 15 is 0 Å². The number of aromatic nitrogens is 3. The van der Waals surface area contributed by atoms with E-state index in [1.54, 1.807) is 0 Å². The quantitative estimate of drug-likeness (QED) is 0.756. The van der Waals surface area contributed by atoms with E-state index in [0.29, 0.717) is 17.6 Å². The highest BCUT2D eigenvalue weighted by atomic mass is 32.1. The maximum absolute atomic E-state index is 13.6. The molecule has 0 atom stereocenters. The van der Waals surface area contributed by atoms with Gasteiger partial charge in [0.1, 0.15) is 5.01 Å². The normalized spacial score (nSPS) is 19.2. The van der Waals surface area contributed by atoms with Gasteiger partial charge in [0.15, 0.2) is 5.69 Å². The fraction of sp³-hybridized carbons (Fsp3) is 0.667. The average Bonchev–Trinajstić information content (AvgIpc) is 3.02. The number of amides is 1. The van der Waals surface area contributed by atoms with Gasteiger partial charge in [-0.25, -0.2) is 4.98 Å². The third-order valence-corrected chi connectivity index (χ3v) is 5.37. The first kappa shape index (κ1) is 17.7. The SMILES string of the molecule is COCc1nn2c(C(F)(F)F)c(CN3CN(CC4CC4)CC3=O)nc2s1. The number of fused-ring (bicyclic) bond motifs is 1. The van der Waals surface area contributed by atoms with Crippen LogP contribution in [0.4, 0.5) is 13.2 Å². The molecule has 0 bridgehead atoms. The van der Waals surface area contributed by atoms with Crippen LogP contribution in [0.2, 0.25) is 0 Å². The van der Waals surface area contributed by atoms with Gasteiger partial charge < -0.3 is 9.64 Å². The Labute approximate surface area is 151 Å². The molecule has 1 amide bonds. The summed E-state index contributed by atoms with van der Waals surface area (Å²) in [6.07, 6.45) is -2.28. The van der Waals surface area contributed by atoms with Crippen LogP contribution in [-0.4, -0.2) is 57.2 Å². The van der Waals surface area contributed by atoms with Crippen LogP contribution in [0.25, 0.3) is 4.96 Å². The van der Waals surface area contributed by atoms with Crippen LogP contribution < -0.4 is 0 Å². The molecule has 4 rings (SSSR count). The van der Waals surface area contributed by atoms with Gasteiger partial charge in [0, 0.05) is 13.7 Å². The highest BCUT2D eigenvalue weighted by Gasteiger charge is 2.41. The number of carbonyl (C=O) groups excluding carboxylic acids is 1. The summed E-state index contributed by atoms with van der Waals surface area (Å²) in [6, 6.07) is 0. The van der Waals surface area contributed by atoms with Gasteiger partial charge in [0.25, 0.3) is 0 Å². The molecule has 0 aromatic carbocycles. The van der Waals surface area contributed by atoms with E-state index in [9.17, 15) is 18.0 Å². The summed E-state index contributed by atoms with van der Waals surface area (Å²) in [4.78, 5) is 19.9. The number of hydrogen-bond acceptors (Lipinski definition) is 6. The number of alkyl halides is 3. The number of imidazole rings is 1. The van der Waals surface area contributed by atoms with Crippen molar-refractivity contribution in [1.82, 2.24) is 24.4 Å². The zero-order valence-electron chi connectivity index (χ0n) is 14.1. The molecule has 1 aliphatic carbocycles. The van der Waals surface area contributed by atoms with Gasteiger partial charge in [-0.15, -0.1) is 0 Å². The van der Waals surface area contributed by atoms with Gasteiger partial charge in [0.05, 0.1) is 32.1 Å². The van der Waals surface area contributed by atoms with Crippen molar-refractivity contribution in [3.05, 3.63) is 16.4 Å². The zero-order chi connectivity index (χ0) is 18.5. The molecule has 11 heteroatoms. The summed E-state index contributed by atoms with van der Waals surface area (Å²) in [5.41, 5.74) is -1.08. The molecule has 0 N–H and O–H groups in total. The van der Waals surface area contributed by atoms with Gasteiger partial charge >= 0.3 is 6.18 Å². The minimum atomic E-state index is -4.61. The Morgan fingerprint density at radius 2 is 2.12 bits per heavy atom. The predicted octanol–water partition coefficient (Wildman–Crippen LogP) is 1.97. The summed E-state index contributed by atoms with van der Waals surface area (Å²) in [6.45, 7) is 1.40. The summed E-state index contributed by atoms with van der Waals surface area (Å²) in [5.74, 6) is 0.456. The highest BCUT2D eigenvalue weighted by molar-refractivity contribution is 7.16. The minimum absolute atomic E-state index is 0.126. The van der Waals surface area contributed by atoms with E-state index in [0.717, 1.165) is 35.2 Å². The van der Waals surface area contributed by atoms with Crippen molar-refractivity contribution in [2.75, 3.05) is 26.9 Å². The standard InChI is InChI=1S/C15H18F3N5O2S/c1-25-7-11-20-23-13(15(16,17)18)10(19-14(23)26-11)5-22-8-21(6-12(22)24)4-9-2-3-9/h9H,2-8H2,1H3. The molecule has 142 valence electrons. The first-order valence-electron chi connectivity index (χ1n) is 8.28. The van der Waals surface area contributed by atoms with Crippen molar-refractivity contribution in [1.29, 1.82) is 0 Å². The van der Waals surface area contributed by atoms with Gasteiger partial charge in [-0.3, -0.25) is 9.69 Å². The topological polar surface area (TPSA) is 63.0 Å². The van der Waals surface area contributed by atoms with Gasteiger partial charge in [-0.05, 0) is 18.8 Å². The zero-order valence-corrected chi connectivity index (χ0v) is 14.9. The van der Waals surface area contributed by atoms with E-state index in [-0.39, 0.29) is 36.3 Å². The molecular formula is C15H18F3N5O2S. The maximum atomic E-state index is 13.6. The van der Waals surface area contributed by atoms with Gasteiger partial charge in [-0.2, -0.15) is 22.8 Å². The summed E-state index contributed by atoms with van der Waals surface area (Å²) < 4.78 is 46.5. The lowest BCUT2D eigenvalue weighted by Crippen LogP contribution is -2.29. The van der Waals surface area contributed by atoms with E-state index in [1.807, 2.05) is 4.90 Å². The first-order valence-corrected chi connectivity index (χ1v) is 9.10. The molecular weight excluding hydrogens is 371 g/mol. The van der Waals surface area contributed by atoms with E-state index < -0.39 is 11.9 Å². The number of carbonyl (C=O) groups is 1. The average molecular weight is 389 g/mol. The summed E-state index contributed by atoms with van der Waals surface area (Å²) in [7, 11) is 1.45. The molecule has 2 aromatic heterocycles. The molecule has 2 aromatic rings. The Morgan fingerprint density at radius 1 is 1.35 bits per heavy atom. The number of nitrogens with zero attached hydrogens (tertiary/aromatic N) is 5. The van der Waals surface area contributed by atoms with Crippen molar-refractivity contribution in [3.8, 4) is 0 Å². The Balaban J connectivity index is 1.59. The van der Waals surface area contributed by atoms with Gasteiger partial charge in [0.2, 0.25) is 10.9 Å². The summed E-state index contributed by atoms with van der Waals surface area (Å²) >= 11 is 1.05. The minimum Gasteiger partial charge on any atom is -0.377 e. The number of methoxy groups -OCH3 is 1. The fourth-order valence-corrected chi connectivity index (χ4v) is 4.06. The van der Waals surface area contributed by atoms with Crippen LogP contribution in [0.15, 0.2) is 0 Å². The van der Waals surface area contributed by atoms with Crippen molar-refractivity contribution in [3.63, 3.8) is 0 Å². The van der Waals surface area contributed by atoms with Crippen molar-refractivity contribution < 1.29 is 22.7 Å². The molecule has 2 fully saturated rings. The molecule has 7 nitrogen and oxygen atoms in total. The molecule has 0 unspecified atom stereocenters. The molecule has 26 heavy (non-hydrogen) atoms. The first-order chi connectivity index (χ1) is 12.3. The van der Waals surface area contributed by atoms with E-state index in [1.165, 1.54) is 12.0 Å². The van der Waals surface area contributed by atoms with Crippen LogP contribution in [0.3, 0.4) is 0 Å². The van der Waals surface area contributed by atoms with Gasteiger partial charge in [-0.1, -0.05) is 11.3 Å². The lowest BCUT2D eigenvalue weighted by molar-refractivity contribution is -0.143. The van der Waals surface area contributed by atoms with Crippen LogP contribution in [0.1, 0.15) is 29.2 Å². The van der Waals surface area contributed by atoms with Crippen LogP contribution in [0, 0.1) is 5.92 Å². The Hall–Kier alpha value is -1.72. The Morgan fingerprint density at radius 3 is 2.77 bits per heavy atom. The number of ether oxygens (including phenoxy) is 1. The van der Waals surface area contributed by atoms with Crippen molar-refractivity contribution in [2.24, 2.45) is 5.92 Å². The summed E-state index contributed by atoms with van der Waals surface area (Å²) in [5, 5.41) is 4.38.